The Kier molecular flexibility index (Phi) is 4.82. The van der Waals surface area contributed by atoms with Gasteiger partial charge in [0.2, 0.25) is 0 Å². The molecular weight excluding hydrogens is 294 g/mol. The highest BCUT2D eigenvalue weighted by molar-refractivity contribution is 6.42. The fourth-order valence-corrected chi connectivity index (χ4v) is 3.78. The van der Waals surface area contributed by atoms with E-state index in [2.05, 4.69) is 4.90 Å². The fourth-order valence-electron chi connectivity index (χ4n) is 3.78. The van der Waals surface area contributed by atoms with E-state index in [0.29, 0.717) is 37.4 Å². The van der Waals surface area contributed by atoms with Crippen molar-refractivity contribution in [2.45, 2.75) is 18.9 Å². The molecule has 0 spiro atoms. The van der Waals surface area contributed by atoms with Crippen LogP contribution in [0.3, 0.4) is 0 Å². The van der Waals surface area contributed by atoms with Crippen LogP contribution < -0.4 is 0 Å². The fraction of sp³-hybridized carbons (Fsp3) is 0.647. The molecule has 0 saturated carbocycles. The number of hydrogen-bond acceptors (Lipinski definition) is 4. The number of rotatable bonds is 5. The summed E-state index contributed by atoms with van der Waals surface area (Å²) >= 11 is 0. The molecule has 3 fully saturated rings. The van der Waals surface area contributed by atoms with Crippen molar-refractivity contribution in [2.75, 3.05) is 39.9 Å². The molecule has 2 atom stereocenters. The van der Waals surface area contributed by atoms with Gasteiger partial charge in [-0.15, -0.1) is 0 Å². The number of aromatic nitrogens is 1. The minimum absolute atomic E-state index is 0.342. The smallest absolute Gasteiger partial charge is 0.296 e. The van der Waals surface area contributed by atoms with Gasteiger partial charge in [0.1, 0.15) is 0 Å². The highest BCUT2D eigenvalue weighted by Gasteiger charge is 2.38. The van der Waals surface area contributed by atoms with Crippen LogP contribution in [-0.4, -0.2) is 72.0 Å². The molecule has 0 N–H and O–H groups in total. The zero-order valence-electron chi connectivity index (χ0n) is 13.9. The van der Waals surface area contributed by atoms with Crippen LogP contribution >= 0.6 is 0 Å². The van der Waals surface area contributed by atoms with Gasteiger partial charge in [-0.05, 0) is 30.9 Å². The number of ether oxygens (including phenoxy) is 1. The molecule has 126 valence electrons. The molecule has 6 heteroatoms. The second-order valence-electron chi connectivity index (χ2n) is 6.63. The lowest BCUT2D eigenvalue weighted by Crippen LogP contribution is -2.46. The molecule has 0 unspecified atom stereocenters. The van der Waals surface area contributed by atoms with Gasteiger partial charge in [0.15, 0.2) is 0 Å². The van der Waals surface area contributed by atoms with Crippen molar-refractivity contribution in [1.82, 2.24) is 14.4 Å². The highest BCUT2D eigenvalue weighted by Crippen LogP contribution is 2.28. The monoisotopic (exact) mass is 319 g/mol. The summed E-state index contributed by atoms with van der Waals surface area (Å²) in [6.45, 7) is 3.94. The number of hydrogen-bond donors (Lipinski definition) is 0. The Bertz CT molecular complexity index is 583. The van der Waals surface area contributed by atoms with E-state index < -0.39 is 5.78 Å². The second kappa shape index (κ2) is 6.84. The molecule has 3 saturated heterocycles. The maximum Gasteiger partial charge on any atom is 0.296 e. The maximum absolute atomic E-state index is 12.7. The predicted molar refractivity (Wildman–Crippen MR) is 86.3 cm³/mol. The van der Waals surface area contributed by atoms with Crippen molar-refractivity contribution in [1.29, 1.82) is 0 Å². The van der Waals surface area contributed by atoms with Gasteiger partial charge >= 0.3 is 0 Å². The van der Waals surface area contributed by atoms with E-state index in [1.54, 1.807) is 42.0 Å². The molecule has 4 rings (SSSR count). The topological polar surface area (TPSA) is 54.8 Å². The Morgan fingerprint density at radius 2 is 2.09 bits per heavy atom. The molecule has 3 aliphatic rings. The first kappa shape index (κ1) is 16.2. The van der Waals surface area contributed by atoms with Gasteiger partial charge in [0.25, 0.3) is 11.7 Å². The van der Waals surface area contributed by atoms with Gasteiger partial charge in [-0.3, -0.25) is 14.5 Å². The van der Waals surface area contributed by atoms with E-state index in [1.165, 1.54) is 0 Å². The molecule has 3 aliphatic heterocycles. The summed E-state index contributed by atoms with van der Waals surface area (Å²) in [7, 11) is 3.50. The molecule has 6 nitrogen and oxygen atoms in total. The maximum atomic E-state index is 12.7. The van der Waals surface area contributed by atoms with E-state index in [1.807, 2.05) is 0 Å². The molecule has 2 bridgehead atoms. The minimum Gasteiger partial charge on any atom is -0.383 e. The predicted octanol–water partition coefficient (Wildman–Crippen LogP) is 0.777. The first-order valence-electron chi connectivity index (χ1n) is 8.28. The Morgan fingerprint density at radius 1 is 1.26 bits per heavy atom. The van der Waals surface area contributed by atoms with Gasteiger partial charge in [-0.1, -0.05) is 0 Å². The van der Waals surface area contributed by atoms with Gasteiger partial charge in [-0.25, -0.2) is 0 Å². The highest BCUT2D eigenvalue weighted by atomic mass is 16.5. The summed E-state index contributed by atoms with van der Waals surface area (Å²) in [6, 6.07) is 3.84. The van der Waals surface area contributed by atoms with Crippen molar-refractivity contribution in [3.63, 3.8) is 0 Å². The number of amides is 1. The van der Waals surface area contributed by atoms with Gasteiger partial charge in [0, 0.05) is 52.6 Å². The van der Waals surface area contributed by atoms with Crippen LogP contribution in [0.25, 0.3) is 0 Å². The minimum atomic E-state index is -0.401. The summed E-state index contributed by atoms with van der Waals surface area (Å²) < 4.78 is 6.89. The standard InChI is InChI=1S/C17H25N3O3/c1-18-7-3-4-15(18)16(21)17(22)20-11-13-5-6-14(12-20)19(10-13)8-9-23-2/h3-4,7,13-14H,5-6,8-12H2,1-2H3/t13-,14-/m0/s1. The zero-order valence-corrected chi connectivity index (χ0v) is 13.9. The Labute approximate surface area is 137 Å². The third-order valence-electron chi connectivity index (χ3n) is 5.07. The average molecular weight is 319 g/mol. The third-order valence-corrected chi connectivity index (χ3v) is 5.07. The molecule has 1 amide bonds. The normalized spacial score (nSPS) is 24.7. The van der Waals surface area contributed by atoms with E-state index >= 15 is 0 Å². The summed E-state index contributed by atoms with van der Waals surface area (Å²) in [6.07, 6.45) is 4.02. The summed E-state index contributed by atoms with van der Waals surface area (Å²) in [5.41, 5.74) is 0.461. The van der Waals surface area contributed by atoms with Crippen molar-refractivity contribution >= 4 is 11.7 Å². The summed E-state index contributed by atoms with van der Waals surface area (Å²) in [5.74, 6) is -0.310. The van der Waals surface area contributed by atoms with Crippen LogP contribution in [0.5, 0.6) is 0 Å². The number of carbonyl (C=O) groups excluding carboxylic acids is 2. The van der Waals surface area contributed by atoms with Gasteiger partial charge in [0.05, 0.1) is 12.3 Å². The lowest BCUT2D eigenvalue weighted by atomic mass is 9.95. The second-order valence-corrected chi connectivity index (χ2v) is 6.63. The van der Waals surface area contributed by atoms with E-state index in [-0.39, 0.29) is 5.91 Å². The van der Waals surface area contributed by atoms with Crippen molar-refractivity contribution in [3.05, 3.63) is 24.0 Å². The van der Waals surface area contributed by atoms with E-state index in [0.717, 1.165) is 25.9 Å². The molecule has 1 aromatic heterocycles. The number of piperidine rings is 1. The number of Topliss-reactive ketones (excluding diaryl/α,β-unsaturated/α-hetero) is 1. The van der Waals surface area contributed by atoms with E-state index in [4.69, 9.17) is 4.74 Å². The molecule has 4 heterocycles. The molecule has 0 radical (unpaired) electrons. The largest absolute Gasteiger partial charge is 0.383 e. The summed E-state index contributed by atoms with van der Waals surface area (Å²) in [4.78, 5) is 29.3. The number of fused-ring (bicyclic) bond motifs is 4. The van der Waals surface area contributed by atoms with Gasteiger partial charge < -0.3 is 14.2 Å². The Hall–Kier alpha value is -1.66. The van der Waals surface area contributed by atoms with Gasteiger partial charge in [-0.2, -0.15) is 0 Å². The van der Waals surface area contributed by atoms with Crippen LogP contribution in [0, 0.1) is 5.92 Å². The molecule has 0 aliphatic carbocycles. The number of carbonyl (C=O) groups is 2. The zero-order chi connectivity index (χ0) is 16.4. The van der Waals surface area contributed by atoms with Crippen molar-refractivity contribution in [3.8, 4) is 0 Å². The molecule has 1 aromatic rings. The molecular formula is C17H25N3O3. The Morgan fingerprint density at radius 3 is 2.78 bits per heavy atom. The van der Waals surface area contributed by atoms with Crippen LogP contribution in [0.1, 0.15) is 23.3 Å². The number of aryl methyl sites for hydroxylation is 1. The summed E-state index contributed by atoms with van der Waals surface area (Å²) in [5, 5.41) is 0. The van der Waals surface area contributed by atoms with E-state index in [9.17, 15) is 9.59 Å². The SMILES string of the molecule is COCCN1C[C@@H]2CC[C@H]1CN(C(=O)C(=O)c1cccn1C)C2. The van der Waals surface area contributed by atoms with Crippen molar-refractivity contribution in [2.24, 2.45) is 13.0 Å². The number of ketones is 1. The van der Waals surface area contributed by atoms with Crippen LogP contribution in [0.15, 0.2) is 18.3 Å². The quantitative estimate of drug-likeness (QED) is 0.594. The number of methoxy groups -OCH3 is 1. The first-order valence-corrected chi connectivity index (χ1v) is 8.28. The molecule has 23 heavy (non-hydrogen) atoms. The lowest BCUT2D eigenvalue weighted by Gasteiger charge is -2.35. The van der Waals surface area contributed by atoms with Crippen LogP contribution in [-0.2, 0) is 16.6 Å². The van der Waals surface area contributed by atoms with Crippen molar-refractivity contribution < 1.29 is 14.3 Å². The molecule has 0 aromatic carbocycles. The number of nitrogens with zero attached hydrogens (tertiary/aromatic N) is 3. The average Bonchev–Trinajstić information content (AvgIpc) is 2.79. The first-order chi connectivity index (χ1) is 11.1. The van der Waals surface area contributed by atoms with Crippen LogP contribution in [0.2, 0.25) is 0 Å². The third kappa shape index (κ3) is 3.33. The van der Waals surface area contributed by atoms with Crippen LogP contribution in [0.4, 0.5) is 0 Å². The Balaban J connectivity index is 1.70. The lowest BCUT2D eigenvalue weighted by molar-refractivity contribution is -0.126.